The zero-order valence-corrected chi connectivity index (χ0v) is 9.51. The Bertz CT molecular complexity index is 196. The molecule has 0 fully saturated rings. The molecule has 1 amide bonds. The average Bonchev–Trinajstić information content (AvgIpc) is 2.04. The van der Waals surface area contributed by atoms with Crippen LogP contribution >= 0.6 is 12.4 Å². The van der Waals surface area contributed by atoms with Crippen molar-refractivity contribution in [1.29, 1.82) is 5.41 Å². The number of halogens is 1. The van der Waals surface area contributed by atoms with Crippen LogP contribution in [0.15, 0.2) is 4.99 Å². The van der Waals surface area contributed by atoms with Crippen molar-refractivity contribution < 1.29 is 4.79 Å². The molecule has 0 aliphatic heterocycles. The van der Waals surface area contributed by atoms with E-state index in [1.807, 2.05) is 0 Å². The molecule has 0 saturated heterocycles. The summed E-state index contributed by atoms with van der Waals surface area (Å²) in [5.41, 5.74) is 14.5. The van der Waals surface area contributed by atoms with E-state index in [2.05, 4.69) is 23.0 Å². The monoisotopic (exact) mass is 238 g/mol. The average molecular weight is 239 g/mol. The van der Waals surface area contributed by atoms with Gasteiger partial charge in [-0.3, -0.25) is 20.5 Å². The topological polar surface area (TPSA) is 143 Å². The molecule has 0 atom stereocenters. The van der Waals surface area contributed by atoms with E-state index in [1.54, 1.807) is 0 Å². The van der Waals surface area contributed by atoms with Crippen LogP contribution < -0.4 is 22.5 Å². The summed E-state index contributed by atoms with van der Waals surface area (Å²) in [4.78, 5) is 12.5. The molecule has 15 heavy (non-hydrogen) atoms. The Morgan fingerprint density at radius 3 is 2.33 bits per heavy atom. The van der Waals surface area contributed by atoms with Crippen LogP contribution in [-0.4, -0.2) is 24.9 Å². The van der Waals surface area contributed by atoms with Gasteiger partial charge in [-0.1, -0.05) is 13.3 Å². The zero-order chi connectivity index (χ0) is 11.4. The van der Waals surface area contributed by atoms with Gasteiger partial charge in [0, 0.05) is 6.54 Å². The Balaban J connectivity index is -0.000000320. The highest BCUT2D eigenvalue weighted by Gasteiger charge is 1.90. The Morgan fingerprint density at radius 2 is 2.00 bits per heavy atom. The van der Waals surface area contributed by atoms with Crippen LogP contribution in [0.4, 0.5) is 0 Å². The second kappa shape index (κ2) is 15.0. The third-order valence-electron chi connectivity index (χ3n) is 1.06. The predicted octanol–water partition coefficient (Wildman–Crippen LogP) is -0.892. The molecule has 0 radical (unpaired) electrons. The second-order valence-corrected chi connectivity index (χ2v) is 2.30. The molecule has 0 spiro atoms. The van der Waals surface area contributed by atoms with Crippen LogP contribution in [0.5, 0.6) is 0 Å². The number of aliphatic imine (C=N–C) groups is 1. The number of carbonyl (C=O) groups excluding carboxylic acids is 1. The van der Waals surface area contributed by atoms with Gasteiger partial charge in [0.1, 0.15) is 0 Å². The molecule has 0 saturated carbocycles. The Hall–Kier alpha value is -1.50. The number of carbonyl (C=O) groups is 1. The minimum Gasteiger partial charge on any atom is -0.372 e. The number of hydrogen-bond acceptors (Lipinski definition) is 3. The molecule has 0 aromatic rings. The van der Waals surface area contributed by atoms with Gasteiger partial charge in [-0.2, -0.15) is 0 Å². The van der Waals surface area contributed by atoms with E-state index >= 15 is 0 Å². The van der Waals surface area contributed by atoms with Crippen LogP contribution in [0, 0.1) is 5.41 Å². The smallest absolute Gasteiger partial charge is 0.204 e. The SMILES string of the molecule is CCCCN=C(N)NC(=N)N.Cl.NC=O. The van der Waals surface area contributed by atoms with Crippen molar-refractivity contribution in [3.8, 4) is 0 Å². The molecule has 0 bridgehead atoms. The summed E-state index contributed by atoms with van der Waals surface area (Å²) in [5, 5.41) is 9.20. The molecule has 7 nitrogen and oxygen atoms in total. The van der Waals surface area contributed by atoms with Crippen molar-refractivity contribution >= 4 is 30.7 Å². The molecule has 0 heterocycles. The van der Waals surface area contributed by atoms with Crippen LogP contribution in [0.2, 0.25) is 0 Å². The van der Waals surface area contributed by atoms with E-state index in [1.165, 1.54) is 0 Å². The van der Waals surface area contributed by atoms with E-state index in [0.29, 0.717) is 6.54 Å². The van der Waals surface area contributed by atoms with Gasteiger partial charge in [-0.25, -0.2) is 0 Å². The third kappa shape index (κ3) is 24.5. The first-order valence-electron chi connectivity index (χ1n) is 4.14. The van der Waals surface area contributed by atoms with E-state index < -0.39 is 0 Å². The molecule has 90 valence electrons. The molecule has 0 aliphatic rings. The maximum absolute atomic E-state index is 8.58. The summed E-state index contributed by atoms with van der Waals surface area (Å²) in [7, 11) is 0. The summed E-state index contributed by atoms with van der Waals surface area (Å²) < 4.78 is 0. The van der Waals surface area contributed by atoms with Crippen molar-refractivity contribution in [2.75, 3.05) is 6.54 Å². The van der Waals surface area contributed by atoms with Gasteiger partial charge in [-0.05, 0) is 6.42 Å². The first-order chi connectivity index (χ1) is 6.58. The van der Waals surface area contributed by atoms with Gasteiger partial charge in [0.15, 0.2) is 11.9 Å². The molecule has 0 unspecified atom stereocenters. The third-order valence-corrected chi connectivity index (χ3v) is 1.06. The number of rotatable bonds is 3. The minimum atomic E-state index is -0.178. The molecular weight excluding hydrogens is 220 g/mol. The highest BCUT2D eigenvalue weighted by atomic mass is 35.5. The first kappa shape index (κ1) is 19.1. The Morgan fingerprint density at radius 1 is 1.53 bits per heavy atom. The van der Waals surface area contributed by atoms with Gasteiger partial charge in [0.2, 0.25) is 6.41 Å². The maximum Gasteiger partial charge on any atom is 0.204 e. The van der Waals surface area contributed by atoms with Gasteiger partial charge >= 0.3 is 0 Å². The Labute approximate surface area is 95.4 Å². The molecule has 0 aromatic heterocycles. The number of nitrogens with zero attached hydrogens (tertiary/aromatic N) is 1. The summed E-state index contributed by atoms with van der Waals surface area (Å²) in [6.07, 6.45) is 2.33. The highest BCUT2D eigenvalue weighted by molar-refractivity contribution is 5.95. The van der Waals surface area contributed by atoms with E-state index in [0.717, 1.165) is 12.8 Å². The van der Waals surface area contributed by atoms with Crippen molar-refractivity contribution in [2.45, 2.75) is 19.8 Å². The lowest BCUT2D eigenvalue weighted by atomic mass is 10.3. The number of nitrogens with two attached hydrogens (primary N) is 3. The highest BCUT2D eigenvalue weighted by Crippen LogP contribution is 1.85. The lowest BCUT2D eigenvalue weighted by molar-refractivity contribution is -0.106. The lowest BCUT2D eigenvalue weighted by Crippen LogP contribution is -2.40. The van der Waals surface area contributed by atoms with Gasteiger partial charge in [-0.15, -0.1) is 12.4 Å². The Kier molecular flexibility index (Phi) is 19.1. The van der Waals surface area contributed by atoms with Crippen LogP contribution in [0.3, 0.4) is 0 Å². The normalized spacial score (nSPS) is 9.00. The molecule has 0 rings (SSSR count). The predicted molar refractivity (Wildman–Crippen MR) is 63.9 cm³/mol. The number of nitrogens with one attached hydrogen (secondary N) is 2. The fraction of sp³-hybridized carbons (Fsp3) is 0.571. The number of hydrogen-bond donors (Lipinski definition) is 5. The quantitative estimate of drug-likeness (QED) is 0.188. The molecule has 0 aromatic carbocycles. The number of unbranched alkanes of at least 4 members (excludes halogenated alkanes) is 1. The summed E-state index contributed by atoms with van der Waals surface area (Å²) in [5.74, 6) is 0.0358. The van der Waals surface area contributed by atoms with Gasteiger partial charge in [0.05, 0.1) is 0 Å². The van der Waals surface area contributed by atoms with Gasteiger partial charge in [0.25, 0.3) is 0 Å². The van der Waals surface area contributed by atoms with Crippen molar-refractivity contribution in [1.82, 2.24) is 5.32 Å². The fourth-order valence-corrected chi connectivity index (χ4v) is 0.535. The second-order valence-electron chi connectivity index (χ2n) is 2.30. The van der Waals surface area contributed by atoms with E-state index in [-0.39, 0.29) is 30.7 Å². The fourth-order valence-electron chi connectivity index (χ4n) is 0.535. The summed E-state index contributed by atoms with van der Waals surface area (Å²) in [6, 6.07) is 0. The first-order valence-corrected chi connectivity index (χ1v) is 4.14. The molecular formula is C7H19ClN6O. The van der Waals surface area contributed by atoms with Crippen molar-refractivity contribution in [2.24, 2.45) is 22.2 Å². The molecule has 8 heteroatoms. The summed E-state index contributed by atoms with van der Waals surface area (Å²) in [6.45, 7) is 2.76. The lowest BCUT2D eigenvalue weighted by Gasteiger charge is -2.00. The van der Waals surface area contributed by atoms with E-state index in [4.69, 9.17) is 21.7 Å². The van der Waals surface area contributed by atoms with Gasteiger partial charge < -0.3 is 17.2 Å². The zero-order valence-electron chi connectivity index (χ0n) is 8.69. The standard InChI is InChI=1S/C6H15N5.CH3NO.ClH/c1-2-3-4-10-6(9)11-5(7)8;2-1-3;/h2-4H2,1H3,(H6,7,8,9,10,11);1H,(H2,2,3);1H. The summed E-state index contributed by atoms with van der Waals surface area (Å²) >= 11 is 0. The van der Waals surface area contributed by atoms with Crippen molar-refractivity contribution in [3.05, 3.63) is 0 Å². The van der Waals surface area contributed by atoms with Crippen LogP contribution in [0.25, 0.3) is 0 Å². The number of guanidine groups is 2. The van der Waals surface area contributed by atoms with E-state index in [9.17, 15) is 0 Å². The number of amides is 1. The van der Waals surface area contributed by atoms with Crippen molar-refractivity contribution in [3.63, 3.8) is 0 Å². The number of primary amides is 1. The molecule has 8 N–H and O–H groups in total. The van der Waals surface area contributed by atoms with Crippen LogP contribution in [-0.2, 0) is 4.79 Å². The molecule has 0 aliphatic carbocycles. The largest absolute Gasteiger partial charge is 0.372 e. The maximum atomic E-state index is 8.58. The minimum absolute atomic E-state index is 0. The van der Waals surface area contributed by atoms with Crippen LogP contribution in [0.1, 0.15) is 19.8 Å².